The van der Waals surface area contributed by atoms with Crippen molar-refractivity contribution in [2.75, 3.05) is 7.11 Å². The summed E-state index contributed by atoms with van der Waals surface area (Å²) in [5.41, 5.74) is -1.77. The Morgan fingerprint density at radius 3 is 2.42 bits per heavy atom. The van der Waals surface area contributed by atoms with Crippen molar-refractivity contribution >= 4 is 17.7 Å². The van der Waals surface area contributed by atoms with Gasteiger partial charge in [0.15, 0.2) is 11.6 Å². The van der Waals surface area contributed by atoms with Crippen molar-refractivity contribution in [3.63, 3.8) is 0 Å². The number of aromatic amines is 1. The fourth-order valence-electron chi connectivity index (χ4n) is 1.80. The van der Waals surface area contributed by atoms with Crippen LogP contribution in [0.25, 0.3) is 0 Å². The number of aromatic nitrogens is 2. The van der Waals surface area contributed by atoms with E-state index in [1.807, 2.05) is 0 Å². The van der Waals surface area contributed by atoms with Crippen LogP contribution in [0.1, 0.15) is 61.5 Å². The van der Waals surface area contributed by atoms with Crippen LogP contribution >= 0.6 is 0 Å². The first-order valence-corrected chi connectivity index (χ1v) is 7.49. The second-order valence-electron chi connectivity index (χ2n) is 6.36. The second kappa shape index (κ2) is 7.85. The van der Waals surface area contributed by atoms with E-state index < -0.39 is 34.8 Å². The average molecular weight is 338 g/mol. The molecule has 1 unspecified atom stereocenters. The van der Waals surface area contributed by atoms with Crippen LogP contribution in [-0.2, 0) is 14.3 Å². The minimum Gasteiger partial charge on any atom is -0.469 e. The molecule has 0 spiro atoms. The summed E-state index contributed by atoms with van der Waals surface area (Å²) >= 11 is 0. The van der Waals surface area contributed by atoms with Crippen molar-refractivity contribution in [1.82, 2.24) is 9.97 Å². The van der Waals surface area contributed by atoms with E-state index >= 15 is 0 Å². The maximum Gasteiger partial charge on any atom is 0.345 e. The smallest absolute Gasteiger partial charge is 0.345 e. The molecule has 0 saturated heterocycles. The summed E-state index contributed by atoms with van der Waals surface area (Å²) in [4.78, 5) is 53.2. The average Bonchev–Trinajstić information content (AvgIpc) is 2.49. The number of Topliss-reactive ketones (excluding diaryl/α,β-unsaturated/α-hetero) is 1. The predicted molar refractivity (Wildman–Crippen MR) is 84.8 cm³/mol. The van der Waals surface area contributed by atoms with Gasteiger partial charge in [0.2, 0.25) is 0 Å². The molecule has 24 heavy (non-hydrogen) atoms. The summed E-state index contributed by atoms with van der Waals surface area (Å²) in [5, 5.41) is 0. The number of esters is 2. The van der Waals surface area contributed by atoms with E-state index in [1.165, 1.54) is 7.11 Å². The highest BCUT2D eigenvalue weighted by Gasteiger charge is 2.22. The van der Waals surface area contributed by atoms with Crippen LogP contribution < -0.4 is 5.56 Å². The van der Waals surface area contributed by atoms with E-state index in [4.69, 9.17) is 4.74 Å². The highest BCUT2D eigenvalue weighted by atomic mass is 16.6. The minimum atomic E-state index is -0.811. The van der Waals surface area contributed by atoms with E-state index in [0.717, 1.165) is 6.20 Å². The maximum absolute atomic E-state index is 12.0. The molecule has 0 amide bonds. The van der Waals surface area contributed by atoms with Gasteiger partial charge in [-0.2, -0.15) is 0 Å². The highest BCUT2D eigenvalue weighted by molar-refractivity contribution is 5.93. The van der Waals surface area contributed by atoms with E-state index in [-0.39, 0.29) is 24.2 Å². The minimum absolute atomic E-state index is 0.0188. The van der Waals surface area contributed by atoms with Crippen LogP contribution in [0.5, 0.6) is 0 Å². The number of carbonyl (C=O) groups excluding carboxylic acids is 3. The number of rotatable bonds is 6. The highest BCUT2D eigenvalue weighted by Crippen LogP contribution is 2.11. The Balaban J connectivity index is 2.80. The van der Waals surface area contributed by atoms with Crippen molar-refractivity contribution in [2.45, 2.75) is 46.1 Å². The third-order valence-corrected chi connectivity index (χ3v) is 3.09. The first-order valence-electron chi connectivity index (χ1n) is 7.49. The number of ketones is 1. The van der Waals surface area contributed by atoms with E-state index in [1.54, 1.807) is 27.7 Å². The molecule has 0 saturated carbocycles. The molecule has 0 aliphatic carbocycles. The van der Waals surface area contributed by atoms with Gasteiger partial charge in [-0.05, 0) is 27.2 Å². The Morgan fingerprint density at radius 2 is 1.92 bits per heavy atom. The summed E-state index contributed by atoms with van der Waals surface area (Å²) in [6, 6.07) is 0. The molecule has 8 nitrogen and oxygen atoms in total. The standard InChI is InChI=1S/C16H22N2O6/c1-9(14(21)23-5)6-7-11(19)12-17-8-10(13(20)18-12)15(22)24-16(2,3)4/h8-9H,6-7H2,1-5H3,(H,17,18,20). The molecule has 1 N–H and O–H groups in total. The summed E-state index contributed by atoms with van der Waals surface area (Å²) in [5.74, 6) is -2.26. The van der Waals surface area contributed by atoms with Gasteiger partial charge in [-0.15, -0.1) is 0 Å². The zero-order valence-electron chi connectivity index (χ0n) is 14.5. The van der Waals surface area contributed by atoms with Crippen molar-refractivity contribution in [3.05, 3.63) is 27.9 Å². The number of methoxy groups -OCH3 is 1. The Hall–Kier alpha value is -2.51. The van der Waals surface area contributed by atoms with Crippen molar-refractivity contribution in [1.29, 1.82) is 0 Å². The number of ether oxygens (including phenoxy) is 2. The molecule has 1 heterocycles. The summed E-state index contributed by atoms with van der Waals surface area (Å²) in [6.07, 6.45) is 1.30. The van der Waals surface area contributed by atoms with E-state index in [9.17, 15) is 19.2 Å². The Bertz CT molecular complexity index is 687. The molecule has 0 aliphatic rings. The van der Waals surface area contributed by atoms with Gasteiger partial charge in [0.05, 0.1) is 13.0 Å². The van der Waals surface area contributed by atoms with Gasteiger partial charge in [0.25, 0.3) is 5.56 Å². The molecular weight excluding hydrogens is 316 g/mol. The normalized spacial score (nSPS) is 12.4. The number of nitrogens with zero attached hydrogens (tertiary/aromatic N) is 1. The molecule has 0 fully saturated rings. The number of hydrogen-bond acceptors (Lipinski definition) is 7. The lowest BCUT2D eigenvalue weighted by Gasteiger charge is -2.18. The first-order chi connectivity index (χ1) is 11.0. The second-order valence-corrected chi connectivity index (χ2v) is 6.36. The monoisotopic (exact) mass is 338 g/mol. The van der Waals surface area contributed by atoms with Gasteiger partial charge >= 0.3 is 11.9 Å². The summed E-state index contributed by atoms with van der Waals surface area (Å²) < 4.78 is 9.66. The third-order valence-electron chi connectivity index (χ3n) is 3.09. The van der Waals surface area contributed by atoms with Gasteiger partial charge in [-0.3, -0.25) is 14.4 Å². The van der Waals surface area contributed by atoms with E-state index in [2.05, 4.69) is 14.7 Å². The van der Waals surface area contributed by atoms with E-state index in [0.29, 0.717) is 0 Å². The predicted octanol–water partition coefficient (Wildman–Crippen LogP) is 1.50. The number of hydrogen-bond donors (Lipinski definition) is 1. The fourth-order valence-corrected chi connectivity index (χ4v) is 1.80. The number of carbonyl (C=O) groups is 3. The zero-order valence-corrected chi connectivity index (χ0v) is 14.5. The lowest BCUT2D eigenvalue weighted by atomic mass is 10.0. The van der Waals surface area contributed by atoms with Crippen LogP contribution in [0.2, 0.25) is 0 Å². The first kappa shape index (κ1) is 19.5. The lowest BCUT2D eigenvalue weighted by molar-refractivity contribution is -0.144. The quantitative estimate of drug-likeness (QED) is 0.617. The van der Waals surface area contributed by atoms with Crippen molar-refractivity contribution < 1.29 is 23.9 Å². The van der Waals surface area contributed by atoms with Crippen LogP contribution in [0, 0.1) is 5.92 Å². The fraction of sp³-hybridized carbons (Fsp3) is 0.562. The molecule has 8 heteroatoms. The molecule has 1 atom stereocenters. The maximum atomic E-state index is 12.0. The van der Waals surface area contributed by atoms with Gasteiger partial charge in [0.1, 0.15) is 11.2 Å². The lowest BCUT2D eigenvalue weighted by Crippen LogP contribution is -2.29. The Kier molecular flexibility index (Phi) is 6.39. The van der Waals surface area contributed by atoms with Crippen LogP contribution in [0.15, 0.2) is 11.0 Å². The van der Waals surface area contributed by atoms with Crippen LogP contribution in [0.4, 0.5) is 0 Å². The summed E-state index contributed by atoms with van der Waals surface area (Å²) in [6.45, 7) is 6.66. The van der Waals surface area contributed by atoms with Gasteiger partial charge in [-0.25, -0.2) is 9.78 Å². The van der Waals surface area contributed by atoms with Gasteiger partial charge < -0.3 is 14.5 Å². The molecule has 132 valence electrons. The van der Waals surface area contributed by atoms with Crippen molar-refractivity contribution in [2.24, 2.45) is 5.92 Å². The molecule has 0 bridgehead atoms. The Labute approximate surface area is 139 Å². The molecular formula is C16H22N2O6. The SMILES string of the molecule is COC(=O)C(C)CCC(=O)c1ncc(C(=O)OC(C)(C)C)c(=O)[nH]1. The Morgan fingerprint density at radius 1 is 1.29 bits per heavy atom. The van der Waals surface area contributed by atoms with Gasteiger partial charge in [0, 0.05) is 12.6 Å². The van der Waals surface area contributed by atoms with Crippen LogP contribution in [0.3, 0.4) is 0 Å². The van der Waals surface area contributed by atoms with Gasteiger partial charge in [-0.1, -0.05) is 6.92 Å². The van der Waals surface area contributed by atoms with Crippen LogP contribution in [-0.4, -0.2) is 40.4 Å². The molecule has 1 aromatic heterocycles. The van der Waals surface area contributed by atoms with Crippen molar-refractivity contribution in [3.8, 4) is 0 Å². The number of H-pyrrole nitrogens is 1. The molecule has 1 rings (SSSR count). The molecule has 1 aromatic rings. The number of nitrogens with one attached hydrogen (secondary N) is 1. The third kappa shape index (κ3) is 5.60. The topological polar surface area (TPSA) is 115 Å². The molecule has 0 aromatic carbocycles. The zero-order chi connectivity index (χ0) is 18.5. The molecule has 0 radical (unpaired) electrons. The summed E-state index contributed by atoms with van der Waals surface area (Å²) in [7, 11) is 1.27. The molecule has 0 aliphatic heterocycles. The largest absolute Gasteiger partial charge is 0.469 e.